The van der Waals surface area contributed by atoms with Gasteiger partial charge in [-0.15, -0.1) is 0 Å². The van der Waals surface area contributed by atoms with E-state index >= 15 is 0 Å². The van der Waals surface area contributed by atoms with E-state index in [4.69, 9.17) is 15.1 Å². The van der Waals surface area contributed by atoms with Gasteiger partial charge in [0.15, 0.2) is 11.6 Å². The summed E-state index contributed by atoms with van der Waals surface area (Å²) in [7, 11) is 0. The first-order chi connectivity index (χ1) is 18.4. The first-order valence-electron chi connectivity index (χ1n) is 12.6. The number of rotatable bonds is 5. The van der Waals surface area contributed by atoms with E-state index in [0.717, 1.165) is 25.9 Å². The third-order valence-corrected chi connectivity index (χ3v) is 7.16. The van der Waals surface area contributed by atoms with Crippen LogP contribution in [-0.4, -0.2) is 107 Å². The maximum absolute atomic E-state index is 14.7. The number of carbonyl (C=O) groups excluding carboxylic acids is 1. The molecule has 2 saturated heterocycles. The number of aromatic nitrogens is 2. The van der Waals surface area contributed by atoms with Crippen molar-refractivity contribution in [3.63, 3.8) is 0 Å². The number of ether oxygens (including phenoxy) is 1. The predicted molar refractivity (Wildman–Crippen MR) is 135 cm³/mol. The number of halogens is 1. The monoisotopic (exact) mass is 524 g/mol. The Bertz CT molecular complexity index is 1240. The van der Waals surface area contributed by atoms with Crippen molar-refractivity contribution in [2.45, 2.75) is 18.9 Å². The van der Waals surface area contributed by atoms with Crippen molar-refractivity contribution >= 4 is 29.3 Å². The molecule has 0 aliphatic carbocycles. The van der Waals surface area contributed by atoms with Gasteiger partial charge in [-0.25, -0.2) is 19.2 Å². The van der Waals surface area contributed by atoms with E-state index in [1.807, 2.05) is 6.07 Å². The summed E-state index contributed by atoms with van der Waals surface area (Å²) in [6.07, 6.45) is 2.07. The Labute approximate surface area is 219 Å². The molecule has 2 amide bonds. The normalized spacial score (nSPS) is 18.4. The van der Waals surface area contributed by atoms with Gasteiger partial charge in [0.2, 0.25) is 11.7 Å². The standard InChI is InChI=1S/C25H29FN8O4/c26-19-13-17(14-27)1-2-20(19)34-11-12-38-22-23(28-16-29-24(22)34)30-18-3-5-31(6-4-18)15-21(35)32-7-9-33(10-8-32)25(36)37/h1-2,13,16,18H,3-12,15H2,(H,36,37)(H,28,29,30). The van der Waals surface area contributed by atoms with Crippen LogP contribution in [0.1, 0.15) is 18.4 Å². The average Bonchev–Trinajstić information content (AvgIpc) is 2.94. The third-order valence-electron chi connectivity index (χ3n) is 7.16. The van der Waals surface area contributed by atoms with E-state index in [0.29, 0.717) is 68.9 Å². The zero-order valence-electron chi connectivity index (χ0n) is 20.8. The van der Waals surface area contributed by atoms with Crippen LogP contribution in [0.2, 0.25) is 0 Å². The van der Waals surface area contributed by atoms with Crippen molar-refractivity contribution in [2.75, 3.05) is 69.2 Å². The van der Waals surface area contributed by atoms with Gasteiger partial charge in [0.05, 0.1) is 30.4 Å². The van der Waals surface area contributed by atoms with E-state index in [2.05, 4.69) is 20.2 Å². The van der Waals surface area contributed by atoms with E-state index in [9.17, 15) is 14.0 Å². The number of benzene rings is 1. The number of carbonyl (C=O) groups is 2. The third kappa shape index (κ3) is 5.40. The van der Waals surface area contributed by atoms with Crippen LogP contribution < -0.4 is 15.0 Å². The number of piperidine rings is 1. The number of likely N-dealkylation sites (tertiary alicyclic amines) is 1. The molecule has 0 saturated carbocycles. The molecule has 1 aromatic carbocycles. The minimum absolute atomic E-state index is 0.0230. The van der Waals surface area contributed by atoms with Crippen molar-refractivity contribution in [3.8, 4) is 11.8 Å². The summed E-state index contributed by atoms with van der Waals surface area (Å²) in [5, 5.41) is 21.6. The fourth-order valence-corrected chi connectivity index (χ4v) is 5.03. The topological polar surface area (TPSA) is 138 Å². The summed E-state index contributed by atoms with van der Waals surface area (Å²) in [6.45, 7) is 4.04. The molecule has 2 fully saturated rings. The number of nitriles is 1. The molecule has 0 atom stereocenters. The van der Waals surface area contributed by atoms with E-state index in [1.54, 1.807) is 21.9 Å². The summed E-state index contributed by atoms with van der Waals surface area (Å²) in [4.78, 5) is 39.4. The van der Waals surface area contributed by atoms with Crippen LogP contribution in [0.5, 0.6) is 5.75 Å². The second-order valence-electron chi connectivity index (χ2n) is 9.50. The second-order valence-corrected chi connectivity index (χ2v) is 9.50. The lowest BCUT2D eigenvalue weighted by atomic mass is 10.0. The molecule has 0 bridgehead atoms. The van der Waals surface area contributed by atoms with Crippen molar-refractivity contribution < 1.29 is 23.8 Å². The summed E-state index contributed by atoms with van der Waals surface area (Å²) >= 11 is 0. The number of hydrogen-bond donors (Lipinski definition) is 2. The van der Waals surface area contributed by atoms with Gasteiger partial charge in [0.25, 0.3) is 0 Å². The molecule has 2 aromatic rings. The van der Waals surface area contributed by atoms with E-state index in [-0.39, 0.29) is 17.5 Å². The minimum Gasteiger partial charge on any atom is -0.485 e. The first kappa shape index (κ1) is 25.5. The number of anilines is 3. The van der Waals surface area contributed by atoms with Gasteiger partial charge in [-0.05, 0) is 31.0 Å². The van der Waals surface area contributed by atoms with Crippen LogP contribution in [-0.2, 0) is 4.79 Å². The van der Waals surface area contributed by atoms with Crippen LogP contribution in [0, 0.1) is 17.1 Å². The van der Waals surface area contributed by atoms with Gasteiger partial charge < -0.3 is 29.9 Å². The van der Waals surface area contributed by atoms with E-state index in [1.165, 1.54) is 17.3 Å². The Kier molecular flexibility index (Phi) is 7.41. The van der Waals surface area contributed by atoms with E-state index < -0.39 is 11.9 Å². The molecule has 200 valence electrons. The Morgan fingerprint density at radius 3 is 2.53 bits per heavy atom. The lowest BCUT2D eigenvalue weighted by Crippen LogP contribution is -2.53. The minimum atomic E-state index is -0.948. The molecular formula is C25H29FN8O4. The van der Waals surface area contributed by atoms with Crippen LogP contribution in [0.3, 0.4) is 0 Å². The molecule has 0 spiro atoms. The highest BCUT2D eigenvalue weighted by Crippen LogP contribution is 2.40. The predicted octanol–water partition coefficient (Wildman–Crippen LogP) is 1.72. The Balaban J connectivity index is 1.18. The molecule has 13 heteroatoms. The maximum atomic E-state index is 14.7. The van der Waals surface area contributed by atoms with Gasteiger partial charge in [0.1, 0.15) is 18.8 Å². The SMILES string of the molecule is N#Cc1ccc(N2CCOc3c(NC4CCN(CC(=O)N5CCN(C(=O)O)CC5)CC4)ncnc32)c(F)c1. The van der Waals surface area contributed by atoms with Gasteiger partial charge in [-0.2, -0.15) is 5.26 Å². The fourth-order valence-electron chi connectivity index (χ4n) is 5.03. The second kappa shape index (κ2) is 11.1. The van der Waals surface area contributed by atoms with Gasteiger partial charge in [-0.1, -0.05) is 0 Å². The Morgan fingerprint density at radius 1 is 1.11 bits per heavy atom. The fraction of sp³-hybridized carbons (Fsp3) is 0.480. The van der Waals surface area contributed by atoms with Crippen molar-refractivity contribution in [3.05, 3.63) is 35.9 Å². The average molecular weight is 525 g/mol. The lowest BCUT2D eigenvalue weighted by molar-refractivity contribution is -0.134. The summed E-state index contributed by atoms with van der Waals surface area (Å²) in [5.74, 6) is 0.981. The molecule has 1 aromatic heterocycles. The first-order valence-corrected chi connectivity index (χ1v) is 12.6. The Hall–Kier alpha value is -4.18. The molecule has 3 aliphatic rings. The molecule has 0 radical (unpaired) electrons. The summed E-state index contributed by atoms with van der Waals surface area (Å²) < 4.78 is 20.6. The quantitative estimate of drug-likeness (QED) is 0.594. The number of hydrogen-bond acceptors (Lipinski definition) is 9. The smallest absolute Gasteiger partial charge is 0.407 e. The molecule has 12 nitrogen and oxygen atoms in total. The van der Waals surface area contributed by atoms with Gasteiger partial charge in [-0.3, -0.25) is 9.69 Å². The van der Waals surface area contributed by atoms with Crippen LogP contribution >= 0.6 is 0 Å². The molecule has 0 unspecified atom stereocenters. The van der Waals surface area contributed by atoms with Crippen LogP contribution in [0.25, 0.3) is 0 Å². The lowest BCUT2D eigenvalue weighted by Gasteiger charge is -2.36. The highest BCUT2D eigenvalue weighted by Gasteiger charge is 2.30. The number of amides is 2. The van der Waals surface area contributed by atoms with Crippen molar-refractivity contribution in [2.24, 2.45) is 0 Å². The molecule has 4 heterocycles. The summed E-state index contributed by atoms with van der Waals surface area (Å²) in [6, 6.07) is 6.41. The number of fused-ring (bicyclic) bond motifs is 1. The molecule has 5 rings (SSSR count). The highest BCUT2D eigenvalue weighted by molar-refractivity contribution is 5.79. The number of piperazine rings is 1. The zero-order valence-corrected chi connectivity index (χ0v) is 20.8. The molecule has 2 N–H and O–H groups in total. The Morgan fingerprint density at radius 2 is 1.84 bits per heavy atom. The molecular weight excluding hydrogens is 495 g/mol. The maximum Gasteiger partial charge on any atom is 0.407 e. The van der Waals surface area contributed by atoms with Gasteiger partial charge >= 0.3 is 6.09 Å². The van der Waals surface area contributed by atoms with Crippen molar-refractivity contribution in [1.82, 2.24) is 24.7 Å². The van der Waals surface area contributed by atoms with Crippen molar-refractivity contribution in [1.29, 1.82) is 5.26 Å². The largest absolute Gasteiger partial charge is 0.485 e. The van der Waals surface area contributed by atoms with Crippen LogP contribution in [0.15, 0.2) is 24.5 Å². The zero-order chi connectivity index (χ0) is 26.6. The number of nitrogens with zero attached hydrogens (tertiary/aromatic N) is 7. The number of nitrogens with one attached hydrogen (secondary N) is 1. The van der Waals surface area contributed by atoms with Gasteiger partial charge in [0, 0.05) is 45.3 Å². The number of carboxylic acid groups (broad SMARTS) is 1. The molecule has 3 aliphatic heterocycles. The van der Waals surface area contributed by atoms with Crippen LogP contribution in [0.4, 0.5) is 26.5 Å². The molecule has 38 heavy (non-hydrogen) atoms. The highest BCUT2D eigenvalue weighted by atomic mass is 19.1. The summed E-state index contributed by atoms with van der Waals surface area (Å²) in [5.41, 5.74) is 0.569.